The summed E-state index contributed by atoms with van der Waals surface area (Å²) in [5.74, 6) is 0.417. The Balaban J connectivity index is 2.34. The molecule has 1 atom stereocenters. The minimum atomic E-state index is -0.769. The maximum absolute atomic E-state index is 11.0. The average Bonchev–Trinajstić information content (AvgIpc) is 2.63. The van der Waals surface area contributed by atoms with Gasteiger partial charge in [-0.3, -0.25) is 4.79 Å². The number of benzene rings is 1. The fourth-order valence-corrected chi connectivity index (χ4v) is 2.33. The lowest BCUT2D eigenvalue weighted by Gasteiger charge is -2.17. The van der Waals surface area contributed by atoms with Crippen LogP contribution in [0.25, 0.3) is 0 Å². The van der Waals surface area contributed by atoms with Gasteiger partial charge in [0.05, 0.1) is 19.1 Å². The monoisotopic (exact) mass is 264 g/mol. The zero-order chi connectivity index (χ0) is 13.8. The normalized spacial score (nSPS) is 15.7. The van der Waals surface area contributed by atoms with Crippen LogP contribution in [0.4, 0.5) is 0 Å². The number of carbonyl (C=O) groups is 1. The molecule has 0 aromatic heterocycles. The topological polar surface area (TPSA) is 55.8 Å². The van der Waals surface area contributed by atoms with Crippen molar-refractivity contribution in [2.24, 2.45) is 5.92 Å². The molecule has 0 saturated heterocycles. The molecule has 0 spiro atoms. The third-order valence-electron chi connectivity index (χ3n) is 3.42. The summed E-state index contributed by atoms with van der Waals surface area (Å²) in [4.78, 5) is 11.0. The lowest BCUT2D eigenvalue weighted by molar-refractivity contribution is -0.141. The van der Waals surface area contributed by atoms with E-state index in [1.54, 1.807) is 6.92 Å². The second-order valence-electron chi connectivity index (χ2n) is 4.88. The highest BCUT2D eigenvalue weighted by Crippen LogP contribution is 2.36. The van der Waals surface area contributed by atoms with Crippen molar-refractivity contribution in [1.29, 1.82) is 0 Å². The number of ether oxygens (including phenoxy) is 2. The summed E-state index contributed by atoms with van der Waals surface area (Å²) in [5.41, 5.74) is 2.12. The summed E-state index contributed by atoms with van der Waals surface area (Å²) in [6.07, 6.45) is 2.21. The fraction of sp³-hybridized carbons (Fsp3) is 0.533. The number of carboxylic acid groups (broad SMARTS) is 1. The Kier molecular flexibility index (Phi) is 4.30. The van der Waals surface area contributed by atoms with E-state index in [1.165, 1.54) is 0 Å². The lowest BCUT2D eigenvalue weighted by atomic mass is 9.94. The summed E-state index contributed by atoms with van der Waals surface area (Å²) >= 11 is 0. The van der Waals surface area contributed by atoms with Gasteiger partial charge in [0, 0.05) is 12.0 Å². The van der Waals surface area contributed by atoms with Crippen LogP contribution in [-0.2, 0) is 17.6 Å². The first-order valence-corrected chi connectivity index (χ1v) is 6.76. The van der Waals surface area contributed by atoms with Gasteiger partial charge in [0.1, 0.15) is 0 Å². The first-order chi connectivity index (χ1) is 9.13. The molecular formula is C15H20O4. The van der Waals surface area contributed by atoms with Gasteiger partial charge in [-0.05, 0) is 24.5 Å². The highest BCUT2D eigenvalue weighted by molar-refractivity contribution is 5.70. The van der Waals surface area contributed by atoms with Crippen molar-refractivity contribution in [2.45, 2.75) is 33.1 Å². The molecule has 0 aliphatic carbocycles. The Morgan fingerprint density at radius 3 is 2.79 bits per heavy atom. The van der Waals surface area contributed by atoms with Gasteiger partial charge < -0.3 is 14.6 Å². The molecule has 1 heterocycles. The van der Waals surface area contributed by atoms with Crippen LogP contribution in [0, 0.1) is 5.92 Å². The zero-order valence-electron chi connectivity index (χ0n) is 11.4. The third-order valence-corrected chi connectivity index (χ3v) is 3.42. The lowest BCUT2D eigenvalue weighted by Crippen LogP contribution is -2.13. The van der Waals surface area contributed by atoms with Crippen LogP contribution in [0.5, 0.6) is 11.5 Å². The highest BCUT2D eigenvalue weighted by Gasteiger charge is 2.20. The minimum Gasteiger partial charge on any atom is -0.490 e. The van der Waals surface area contributed by atoms with E-state index in [2.05, 4.69) is 6.92 Å². The fourth-order valence-electron chi connectivity index (χ4n) is 2.33. The van der Waals surface area contributed by atoms with E-state index in [-0.39, 0.29) is 0 Å². The van der Waals surface area contributed by atoms with Crippen LogP contribution >= 0.6 is 0 Å². The standard InChI is InChI=1S/C15H20O4/c1-3-12-11(9-10(2)15(16)17)5-6-13-14(12)19-8-4-7-18-13/h5-6,10H,3-4,7-9H2,1-2H3,(H,16,17). The molecule has 1 aliphatic rings. The van der Waals surface area contributed by atoms with E-state index < -0.39 is 11.9 Å². The second-order valence-corrected chi connectivity index (χ2v) is 4.88. The molecule has 0 saturated carbocycles. The van der Waals surface area contributed by atoms with Gasteiger partial charge in [-0.15, -0.1) is 0 Å². The number of rotatable bonds is 4. The Morgan fingerprint density at radius 2 is 2.11 bits per heavy atom. The van der Waals surface area contributed by atoms with Crippen molar-refractivity contribution in [3.8, 4) is 11.5 Å². The molecule has 4 heteroatoms. The number of carboxylic acids is 1. The van der Waals surface area contributed by atoms with Gasteiger partial charge >= 0.3 is 5.97 Å². The van der Waals surface area contributed by atoms with E-state index in [0.717, 1.165) is 35.5 Å². The largest absolute Gasteiger partial charge is 0.490 e. The van der Waals surface area contributed by atoms with Crippen LogP contribution in [-0.4, -0.2) is 24.3 Å². The van der Waals surface area contributed by atoms with Crippen molar-refractivity contribution in [2.75, 3.05) is 13.2 Å². The van der Waals surface area contributed by atoms with Gasteiger partial charge in [-0.2, -0.15) is 0 Å². The number of fused-ring (bicyclic) bond motifs is 1. The summed E-state index contributed by atoms with van der Waals surface area (Å²) < 4.78 is 11.4. The predicted octanol–water partition coefficient (Wildman–Crippen LogP) is 2.67. The van der Waals surface area contributed by atoms with Gasteiger partial charge in [-0.25, -0.2) is 0 Å². The van der Waals surface area contributed by atoms with Crippen molar-refractivity contribution in [1.82, 2.24) is 0 Å². The molecular weight excluding hydrogens is 244 g/mol. The second kappa shape index (κ2) is 5.95. The Hall–Kier alpha value is -1.71. The molecule has 104 valence electrons. The Labute approximate surface area is 113 Å². The average molecular weight is 264 g/mol. The Bertz CT molecular complexity index is 467. The summed E-state index contributed by atoms with van der Waals surface area (Å²) in [7, 11) is 0. The first kappa shape index (κ1) is 13.7. The van der Waals surface area contributed by atoms with Crippen LogP contribution in [0.1, 0.15) is 31.4 Å². The maximum Gasteiger partial charge on any atom is 0.306 e. The van der Waals surface area contributed by atoms with Crippen molar-refractivity contribution in [3.05, 3.63) is 23.3 Å². The smallest absolute Gasteiger partial charge is 0.306 e. The minimum absolute atomic E-state index is 0.393. The molecule has 0 amide bonds. The van der Waals surface area contributed by atoms with Crippen LogP contribution < -0.4 is 9.47 Å². The molecule has 0 radical (unpaired) electrons. The molecule has 1 N–H and O–H groups in total. The van der Waals surface area contributed by atoms with Crippen molar-refractivity contribution >= 4 is 5.97 Å². The van der Waals surface area contributed by atoms with E-state index in [4.69, 9.17) is 14.6 Å². The summed E-state index contributed by atoms with van der Waals surface area (Å²) in [6, 6.07) is 3.86. The zero-order valence-corrected chi connectivity index (χ0v) is 11.4. The molecule has 4 nitrogen and oxygen atoms in total. The van der Waals surface area contributed by atoms with Crippen LogP contribution in [0.15, 0.2) is 12.1 Å². The number of aliphatic carboxylic acids is 1. The van der Waals surface area contributed by atoms with Gasteiger partial charge in [0.15, 0.2) is 11.5 Å². The van der Waals surface area contributed by atoms with Crippen molar-refractivity contribution in [3.63, 3.8) is 0 Å². The SMILES string of the molecule is CCc1c(CC(C)C(=O)O)ccc2c1OCCCO2. The van der Waals surface area contributed by atoms with Crippen LogP contribution in [0.3, 0.4) is 0 Å². The van der Waals surface area contributed by atoms with Gasteiger partial charge in [0.2, 0.25) is 0 Å². The summed E-state index contributed by atoms with van der Waals surface area (Å²) in [6.45, 7) is 5.10. The highest BCUT2D eigenvalue weighted by atomic mass is 16.5. The van der Waals surface area contributed by atoms with E-state index in [1.807, 2.05) is 12.1 Å². The molecule has 1 unspecified atom stereocenters. The summed E-state index contributed by atoms with van der Waals surface area (Å²) in [5, 5.41) is 9.03. The number of hydrogen-bond donors (Lipinski definition) is 1. The molecule has 0 bridgehead atoms. The predicted molar refractivity (Wildman–Crippen MR) is 71.9 cm³/mol. The van der Waals surface area contributed by atoms with E-state index in [0.29, 0.717) is 19.6 Å². The third kappa shape index (κ3) is 3.00. The molecule has 1 aliphatic heterocycles. The maximum atomic E-state index is 11.0. The molecule has 1 aromatic carbocycles. The molecule has 1 aromatic rings. The number of hydrogen-bond acceptors (Lipinski definition) is 3. The van der Waals surface area contributed by atoms with E-state index >= 15 is 0 Å². The molecule has 19 heavy (non-hydrogen) atoms. The van der Waals surface area contributed by atoms with Gasteiger partial charge in [0.25, 0.3) is 0 Å². The van der Waals surface area contributed by atoms with E-state index in [9.17, 15) is 4.79 Å². The Morgan fingerprint density at radius 1 is 1.37 bits per heavy atom. The van der Waals surface area contributed by atoms with Gasteiger partial charge in [-0.1, -0.05) is 19.9 Å². The molecule has 2 rings (SSSR count). The van der Waals surface area contributed by atoms with Crippen LogP contribution in [0.2, 0.25) is 0 Å². The molecule has 0 fully saturated rings. The first-order valence-electron chi connectivity index (χ1n) is 6.76. The quantitative estimate of drug-likeness (QED) is 0.908. The van der Waals surface area contributed by atoms with Crippen molar-refractivity contribution < 1.29 is 19.4 Å².